The molecule has 0 unspecified atom stereocenters. The van der Waals surface area contributed by atoms with Gasteiger partial charge in [0, 0.05) is 5.41 Å². The van der Waals surface area contributed by atoms with Crippen LogP contribution in [-0.2, 0) is 5.41 Å². The van der Waals surface area contributed by atoms with E-state index < -0.39 is 0 Å². The van der Waals surface area contributed by atoms with Crippen LogP contribution in [0, 0.1) is 0 Å². The second-order valence-corrected chi connectivity index (χ2v) is 15.2. The molecular weight excluding hydrogens is 637 g/mol. The van der Waals surface area contributed by atoms with Gasteiger partial charge >= 0.3 is 0 Å². The number of fused-ring (bicyclic) bond motifs is 5. The Morgan fingerprint density at radius 3 is 1.47 bits per heavy atom. The Morgan fingerprint density at radius 1 is 0.302 bits per heavy atom. The third kappa shape index (κ3) is 4.42. The van der Waals surface area contributed by atoms with Crippen molar-refractivity contribution in [2.24, 2.45) is 0 Å². The molecule has 11 rings (SSSR count). The van der Waals surface area contributed by atoms with Gasteiger partial charge in [-0.2, -0.15) is 0 Å². The maximum absolute atomic E-state index is 2.46. The van der Waals surface area contributed by atoms with Crippen molar-refractivity contribution >= 4 is 43.1 Å². The summed E-state index contributed by atoms with van der Waals surface area (Å²) in [6, 6.07) is 67.9. The average Bonchev–Trinajstić information content (AvgIpc) is 3.45. The third-order valence-electron chi connectivity index (χ3n) is 12.0. The highest BCUT2D eigenvalue weighted by molar-refractivity contribution is 6.27. The lowest BCUT2D eigenvalue weighted by molar-refractivity contribution is 0.666. The molecule has 248 valence electrons. The van der Waals surface area contributed by atoms with Crippen molar-refractivity contribution in [3.05, 3.63) is 193 Å². The molecule has 10 aromatic rings. The first kappa shape index (κ1) is 30.2. The fourth-order valence-corrected chi connectivity index (χ4v) is 9.51. The molecule has 0 N–H and O–H groups in total. The Kier molecular flexibility index (Phi) is 6.40. The van der Waals surface area contributed by atoms with Gasteiger partial charge in [0.05, 0.1) is 0 Å². The summed E-state index contributed by atoms with van der Waals surface area (Å²) in [5.41, 5.74) is 15.4. The monoisotopic (exact) mass is 672 g/mol. The summed E-state index contributed by atoms with van der Waals surface area (Å²) < 4.78 is 0. The molecule has 1 aliphatic rings. The molecule has 0 radical (unpaired) electrons. The molecule has 0 aliphatic heterocycles. The van der Waals surface area contributed by atoms with Gasteiger partial charge in [0.15, 0.2) is 0 Å². The van der Waals surface area contributed by atoms with Gasteiger partial charge < -0.3 is 0 Å². The van der Waals surface area contributed by atoms with Gasteiger partial charge in [-0.15, -0.1) is 0 Å². The number of hydrogen-bond donors (Lipinski definition) is 0. The van der Waals surface area contributed by atoms with E-state index in [-0.39, 0.29) is 5.41 Å². The van der Waals surface area contributed by atoms with Crippen LogP contribution in [0.5, 0.6) is 0 Å². The average molecular weight is 673 g/mol. The fraction of sp³-hybridized carbons (Fsp3) is 0.0566. The van der Waals surface area contributed by atoms with Crippen LogP contribution in [0.2, 0.25) is 0 Å². The number of rotatable bonds is 4. The molecule has 0 fully saturated rings. The molecular formula is C53H36. The van der Waals surface area contributed by atoms with E-state index in [1.165, 1.54) is 110 Å². The molecule has 0 saturated heterocycles. The van der Waals surface area contributed by atoms with Crippen LogP contribution in [0.1, 0.15) is 25.0 Å². The lowest BCUT2D eigenvalue weighted by atomic mass is 9.79. The van der Waals surface area contributed by atoms with Gasteiger partial charge in [0.1, 0.15) is 0 Å². The van der Waals surface area contributed by atoms with E-state index in [2.05, 4.69) is 196 Å². The molecule has 0 nitrogen and oxygen atoms in total. The highest BCUT2D eigenvalue weighted by atomic mass is 14.4. The summed E-state index contributed by atoms with van der Waals surface area (Å²) in [7, 11) is 0. The smallest absolute Gasteiger partial charge is 0.0165 e. The highest BCUT2D eigenvalue weighted by Gasteiger charge is 2.37. The van der Waals surface area contributed by atoms with Crippen LogP contribution in [0.25, 0.3) is 98.7 Å². The Hall–Kier alpha value is -6.50. The van der Waals surface area contributed by atoms with Gasteiger partial charge in [-0.25, -0.2) is 0 Å². The predicted octanol–water partition coefficient (Wildman–Crippen LogP) is 14.7. The molecule has 0 atom stereocenters. The van der Waals surface area contributed by atoms with Crippen LogP contribution in [0.15, 0.2) is 182 Å². The highest BCUT2D eigenvalue weighted by Crippen LogP contribution is 2.53. The first-order valence-electron chi connectivity index (χ1n) is 18.7. The fourth-order valence-electron chi connectivity index (χ4n) is 9.51. The first-order valence-corrected chi connectivity index (χ1v) is 18.7. The molecule has 1 aliphatic carbocycles. The molecule has 53 heavy (non-hydrogen) atoms. The summed E-state index contributed by atoms with van der Waals surface area (Å²) in [6.07, 6.45) is 0. The van der Waals surface area contributed by atoms with Crippen LogP contribution in [0.3, 0.4) is 0 Å². The van der Waals surface area contributed by atoms with Crippen molar-refractivity contribution < 1.29 is 0 Å². The second-order valence-electron chi connectivity index (χ2n) is 15.2. The summed E-state index contributed by atoms with van der Waals surface area (Å²) in [5.74, 6) is 0. The third-order valence-corrected chi connectivity index (χ3v) is 12.0. The Morgan fingerprint density at radius 2 is 0.792 bits per heavy atom. The summed E-state index contributed by atoms with van der Waals surface area (Å²) in [6.45, 7) is 4.79. The molecule has 10 aromatic carbocycles. The molecule has 0 amide bonds. The van der Waals surface area contributed by atoms with Crippen LogP contribution < -0.4 is 0 Å². The van der Waals surface area contributed by atoms with Gasteiger partial charge in [-0.3, -0.25) is 0 Å². The van der Waals surface area contributed by atoms with E-state index in [4.69, 9.17) is 0 Å². The molecule has 0 aromatic heterocycles. The zero-order valence-corrected chi connectivity index (χ0v) is 29.8. The molecule has 0 saturated carbocycles. The standard InChI is InChI=1S/C53H36/c1-53(2)49-32-39(23-27-44(49)47-30-17-35-15-9-10-16-43(35)52(47)53)42-26-22-38(31-48(42)34-13-7-4-8-14-34)41-25-19-37-20-28-45-40(33-11-5-3-6-12-33)24-18-36-21-29-46(41)51(37)50(36)45/h3-32H,1-2H3. The van der Waals surface area contributed by atoms with Crippen molar-refractivity contribution in [1.82, 2.24) is 0 Å². The normalized spacial score (nSPS) is 13.2. The van der Waals surface area contributed by atoms with E-state index in [9.17, 15) is 0 Å². The van der Waals surface area contributed by atoms with E-state index in [1.807, 2.05) is 0 Å². The van der Waals surface area contributed by atoms with E-state index in [0.29, 0.717) is 0 Å². The Labute approximate surface area is 310 Å². The van der Waals surface area contributed by atoms with Gasteiger partial charge in [-0.05, 0) is 122 Å². The van der Waals surface area contributed by atoms with Crippen LogP contribution in [-0.4, -0.2) is 0 Å². The molecule has 0 spiro atoms. The zero-order chi connectivity index (χ0) is 35.3. The van der Waals surface area contributed by atoms with Crippen molar-refractivity contribution in [2.75, 3.05) is 0 Å². The van der Waals surface area contributed by atoms with Crippen LogP contribution >= 0.6 is 0 Å². The minimum Gasteiger partial charge on any atom is -0.0622 e. The minimum absolute atomic E-state index is 0.115. The Balaban J connectivity index is 1.09. The minimum atomic E-state index is -0.115. The van der Waals surface area contributed by atoms with Gasteiger partial charge in [0.2, 0.25) is 0 Å². The SMILES string of the molecule is CC1(C)c2cc(-c3ccc(-c4ccc5ccc6c(-c7ccccc7)ccc7ccc4c5c76)cc3-c3ccccc3)ccc2-c2ccc3ccccc3c21. The van der Waals surface area contributed by atoms with Gasteiger partial charge in [-0.1, -0.05) is 184 Å². The number of hydrogen-bond acceptors (Lipinski definition) is 0. The lowest BCUT2D eigenvalue weighted by Gasteiger charge is -2.24. The largest absolute Gasteiger partial charge is 0.0622 e. The lowest BCUT2D eigenvalue weighted by Crippen LogP contribution is -2.15. The maximum atomic E-state index is 2.46. The van der Waals surface area contributed by atoms with E-state index in [0.717, 1.165) is 0 Å². The van der Waals surface area contributed by atoms with Crippen molar-refractivity contribution in [3.8, 4) is 55.6 Å². The van der Waals surface area contributed by atoms with Gasteiger partial charge in [0.25, 0.3) is 0 Å². The van der Waals surface area contributed by atoms with Crippen molar-refractivity contribution in [3.63, 3.8) is 0 Å². The second kappa shape index (κ2) is 11.2. The predicted molar refractivity (Wildman–Crippen MR) is 227 cm³/mol. The molecule has 0 bridgehead atoms. The molecule has 0 heterocycles. The summed E-state index contributed by atoms with van der Waals surface area (Å²) >= 11 is 0. The quantitative estimate of drug-likeness (QED) is 0.163. The summed E-state index contributed by atoms with van der Waals surface area (Å²) in [4.78, 5) is 0. The van der Waals surface area contributed by atoms with E-state index in [1.54, 1.807) is 0 Å². The van der Waals surface area contributed by atoms with E-state index >= 15 is 0 Å². The number of benzene rings is 10. The summed E-state index contributed by atoms with van der Waals surface area (Å²) in [5, 5.41) is 10.5. The molecule has 0 heteroatoms. The van der Waals surface area contributed by atoms with Crippen molar-refractivity contribution in [2.45, 2.75) is 19.3 Å². The Bertz CT molecular complexity index is 3060. The first-order chi connectivity index (χ1) is 26.0. The van der Waals surface area contributed by atoms with Crippen molar-refractivity contribution in [1.29, 1.82) is 0 Å². The topological polar surface area (TPSA) is 0 Å². The maximum Gasteiger partial charge on any atom is 0.0165 e. The zero-order valence-electron chi connectivity index (χ0n) is 29.8. The van der Waals surface area contributed by atoms with Crippen LogP contribution in [0.4, 0.5) is 0 Å².